The molecule has 0 aliphatic carbocycles. The first-order chi connectivity index (χ1) is 16.2. The molecule has 2 heterocycles. The Morgan fingerprint density at radius 1 is 1.23 bits per heavy atom. The van der Waals surface area contributed by atoms with Crippen molar-refractivity contribution in [1.82, 2.24) is 4.98 Å². The van der Waals surface area contributed by atoms with E-state index >= 15 is 0 Å². The van der Waals surface area contributed by atoms with Crippen LogP contribution < -0.4 is 0 Å². The van der Waals surface area contributed by atoms with Gasteiger partial charge in [-0.05, 0) is 44.3 Å². The van der Waals surface area contributed by atoms with Crippen molar-refractivity contribution in [3.8, 4) is 0 Å². The van der Waals surface area contributed by atoms with Gasteiger partial charge in [-0.15, -0.1) is 11.3 Å². The monoisotopic (exact) mass is 511 g/mol. The molecule has 1 fully saturated rings. The molecule has 0 spiro atoms. The van der Waals surface area contributed by atoms with Gasteiger partial charge in [-0.3, -0.25) is 9.59 Å². The molecule has 2 rings (SSSR count). The molecule has 35 heavy (non-hydrogen) atoms. The van der Waals surface area contributed by atoms with Gasteiger partial charge in [-0.1, -0.05) is 34.1 Å². The van der Waals surface area contributed by atoms with E-state index < -0.39 is 42.0 Å². The summed E-state index contributed by atoms with van der Waals surface area (Å²) in [6.45, 7) is 10.4. The molecule has 0 radical (unpaired) electrons. The van der Waals surface area contributed by atoms with Crippen molar-refractivity contribution in [2.24, 2.45) is 17.3 Å². The maximum Gasteiger partial charge on any atom is 0.306 e. The standard InChI is InChI=1S/C26H41NO7S/c1-14(24(32)16(3)25(33)26(5,6)22(29)12-23(30)31)8-7-9-20-21(34-20)11-19(28)15(2)10-18-13-35-17(4)27-18/h10,13-14,16,19-22,24,28-29,32H,7-9,11-12H2,1-6H3,(H,30,31)/b15-10+/t14-,16+,19-,20+,21-,22-,24-/m0/s1. The number of carbonyl (C=O) groups excluding carboxylic acids is 1. The molecule has 198 valence electrons. The molecule has 0 amide bonds. The first kappa shape index (κ1) is 29.6. The van der Waals surface area contributed by atoms with Crippen molar-refractivity contribution < 1.29 is 34.8 Å². The second-order valence-corrected chi connectivity index (χ2v) is 11.6. The fourth-order valence-electron chi connectivity index (χ4n) is 4.45. The topological polar surface area (TPSA) is 140 Å². The lowest BCUT2D eigenvalue weighted by Crippen LogP contribution is -2.45. The van der Waals surface area contributed by atoms with Crippen LogP contribution in [0.2, 0.25) is 0 Å². The number of hydrogen-bond acceptors (Lipinski definition) is 8. The fourth-order valence-corrected chi connectivity index (χ4v) is 5.02. The zero-order valence-corrected chi connectivity index (χ0v) is 22.4. The first-order valence-corrected chi connectivity index (χ1v) is 13.2. The van der Waals surface area contributed by atoms with Gasteiger partial charge >= 0.3 is 5.97 Å². The van der Waals surface area contributed by atoms with Crippen LogP contribution in [-0.2, 0) is 14.3 Å². The van der Waals surface area contributed by atoms with Crippen LogP contribution >= 0.6 is 11.3 Å². The minimum Gasteiger partial charge on any atom is -0.481 e. The van der Waals surface area contributed by atoms with Gasteiger partial charge < -0.3 is 25.2 Å². The molecule has 0 unspecified atom stereocenters. The quantitative estimate of drug-likeness (QED) is 0.262. The molecule has 1 aromatic heterocycles. The third-order valence-electron chi connectivity index (χ3n) is 7.17. The van der Waals surface area contributed by atoms with E-state index in [0.29, 0.717) is 12.8 Å². The van der Waals surface area contributed by atoms with Gasteiger partial charge in [-0.2, -0.15) is 0 Å². The molecule has 1 aromatic rings. The third-order valence-corrected chi connectivity index (χ3v) is 7.97. The molecule has 4 N–H and O–H groups in total. The number of carbonyl (C=O) groups is 2. The summed E-state index contributed by atoms with van der Waals surface area (Å²) in [7, 11) is 0. The van der Waals surface area contributed by atoms with Crippen LogP contribution in [-0.4, -0.2) is 67.7 Å². The summed E-state index contributed by atoms with van der Waals surface area (Å²) in [5, 5.41) is 43.2. The highest BCUT2D eigenvalue weighted by Crippen LogP contribution is 2.34. The lowest BCUT2D eigenvalue weighted by Gasteiger charge is -2.34. The summed E-state index contributed by atoms with van der Waals surface area (Å²) in [6.07, 6.45) is 1.56. The van der Waals surface area contributed by atoms with Crippen LogP contribution in [0.25, 0.3) is 6.08 Å². The third kappa shape index (κ3) is 8.46. The van der Waals surface area contributed by atoms with Gasteiger partial charge in [-0.25, -0.2) is 4.98 Å². The molecule has 1 saturated heterocycles. The highest BCUT2D eigenvalue weighted by atomic mass is 32.1. The SMILES string of the molecule is C/C(=C\c1csc(C)n1)[C@@H](O)C[C@@H]1O[C@@H]1CCC[C@H](C)[C@H](O)[C@@H](C)C(=O)C(C)(C)[C@@H](O)CC(=O)O. The molecule has 8 nitrogen and oxygen atoms in total. The normalized spacial score (nSPS) is 22.8. The summed E-state index contributed by atoms with van der Waals surface area (Å²) in [4.78, 5) is 28.2. The van der Waals surface area contributed by atoms with Crippen molar-refractivity contribution in [3.63, 3.8) is 0 Å². The summed E-state index contributed by atoms with van der Waals surface area (Å²) >= 11 is 1.57. The molecule has 7 atom stereocenters. The van der Waals surface area contributed by atoms with Gasteiger partial charge in [0.05, 0.1) is 53.1 Å². The van der Waals surface area contributed by atoms with Gasteiger partial charge in [0.15, 0.2) is 0 Å². The number of aryl methyl sites for hydroxylation is 1. The molecule has 0 aromatic carbocycles. The number of aliphatic carboxylic acids is 1. The van der Waals surface area contributed by atoms with Crippen molar-refractivity contribution in [3.05, 3.63) is 21.7 Å². The summed E-state index contributed by atoms with van der Waals surface area (Å²) in [6, 6.07) is 0. The van der Waals surface area contributed by atoms with E-state index in [0.717, 1.165) is 29.1 Å². The van der Waals surface area contributed by atoms with E-state index in [4.69, 9.17) is 9.84 Å². The Labute approximate surface area is 212 Å². The molecule has 0 bridgehead atoms. The number of ketones is 1. The predicted molar refractivity (Wildman–Crippen MR) is 135 cm³/mol. The molecule has 1 aliphatic rings. The van der Waals surface area contributed by atoms with E-state index in [2.05, 4.69) is 4.98 Å². The Hall–Kier alpha value is -1.65. The Bertz CT molecular complexity index is 896. The highest BCUT2D eigenvalue weighted by Gasteiger charge is 2.42. The molecule has 0 saturated carbocycles. The van der Waals surface area contributed by atoms with Crippen molar-refractivity contribution in [2.75, 3.05) is 0 Å². The van der Waals surface area contributed by atoms with E-state index in [9.17, 15) is 24.9 Å². The number of nitrogens with zero attached hydrogens (tertiary/aromatic N) is 1. The number of carboxylic acids is 1. The molecule has 9 heteroatoms. The van der Waals surface area contributed by atoms with Crippen LogP contribution in [0.5, 0.6) is 0 Å². The molecular formula is C26H41NO7S. The van der Waals surface area contributed by atoms with Crippen molar-refractivity contribution in [2.45, 2.75) is 104 Å². The lowest BCUT2D eigenvalue weighted by atomic mass is 9.73. The van der Waals surface area contributed by atoms with E-state index in [1.165, 1.54) is 13.8 Å². The van der Waals surface area contributed by atoms with Crippen LogP contribution in [0.3, 0.4) is 0 Å². The fraction of sp³-hybridized carbons (Fsp3) is 0.731. The maximum absolute atomic E-state index is 12.9. The number of ether oxygens (including phenoxy) is 1. The van der Waals surface area contributed by atoms with Crippen LogP contribution in [0, 0.1) is 24.2 Å². The Morgan fingerprint density at radius 2 is 1.89 bits per heavy atom. The van der Waals surface area contributed by atoms with Gasteiger partial charge in [0, 0.05) is 17.7 Å². The minimum absolute atomic E-state index is 0.0165. The van der Waals surface area contributed by atoms with E-state index in [-0.39, 0.29) is 23.9 Å². The summed E-state index contributed by atoms with van der Waals surface area (Å²) < 4.78 is 5.73. The van der Waals surface area contributed by atoms with Crippen LogP contribution in [0.1, 0.15) is 77.4 Å². The van der Waals surface area contributed by atoms with Crippen molar-refractivity contribution in [1.29, 1.82) is 0 Å². The number of Topliss-reactive ketones (excluding diaryl/α,β-unsaturated/α-hetero) is 1. The first-order valence-electron chi connectivity index (χ1n) is 12.3. The number of aliphatic hydroxyl groups excluding tert-OH is 3. The van der Waals surface area contributed by atoms with Gasteiger partial charge in [0.25, 0.3) is 0 Å². The highest BCUT2D eigenvalue weighted by molar-refractivity contribution is 7.09. The van der Waals surface area contributed by atoms with Gasteiger partial charge in [0.2, 0.25) is 0 Å². The minimum atomic E-state index is -1.32. The molecule has 1 aliphatic heterocycles. The van der Waals surface area contributed by atoms with Crippen LogP contribution in [0.4, 0.5) is 0 Å². The zero-order valence-electron chi connectivity index (χ0n) is 21.6. The number of thiazole rings is 1. The number of epoxide rings is 1. The molecular weight excluding hydrogens is 470 g/mol. The maximum atomic E-state index is 12.9. The van der Waals surface area contributed by atoms with E-state index in [1.807, 2.05) is 32.2 Å². The summed E-state index contributed by atoms with van der Waals surface area (Å²) in [5.74, 6) is -2.38. The lowest BCUT2D eigenvalue weighted by molar-refractivity contribution is -0.147. The Kier molecular flexibility index (Phi) is 10.6. The number of rotatable bonds is 15. The largest absolute Gasteiger partial charge is 0.481 e. The summed E-state index contributed by atoms with van der Waals surface area (Å²) in [5.41, 5.74) is 0.452. The average Bonchev–Trinajstić information content (AvgIpc) is 3.38. The number of hydrogen-bond donors (Lipinski definition) is 4. The van der Waals surface area contributed by atoms with E-state index in [1.54, 1.807) is 18.3 Å². The number of aliphatic hydroxyl groups is 3. The second-order valence-electron chi connectivity index (χ2n) is 10.5. The van der Waals surface area contributed by atoms with Crippen LogP contribution in [0.15, 0.2) is 11.0 Å². The zero-order chi connectivity index (χ0) is 26.5. The van der Waals surface area contributed by atoms with Gasteiger partial charge in [0.1, 0.15) is 5.78 Å². The smallest absolute Gasteiger partial charge is 0.306 e. The number of carboxylic acid groups (broad SMARTS) is 1. The van der Waals surface area contributed by atoms with Crippen molar-refractivity contribution >= 4 is 29.2 Å². The predicted octanol–water partition coefficient (Wildman–Crippen LogP) is 3.61. The number of aromatic nitrogens is 1. The Morgan fingerprint density at radius 3 is 2.46 bits per heavy atom. The second kappa shape index (κ2) is 12.5. The average molecular weight is 512 g/mol. The Balaban J connectivity index is 1.74.